The van der Waals surface area contributed by atoms with Crippen molar-refractivity contribution in [3.63, 3.8) is 0 Å². The average molecular weight is 140 g/mol. The summed E-state index contributed by atoms with van der Waals surface area (Å²) in [6, 6.07) is 0. The van der Waals surface area contributed by atoms with Gasteiger partial charge in [0.05, 0.1) is 5.92 Å². The fourth-order valence-corrected chi connectivity index (χ4v) is 0.744. The smallest absolute Gasteiger partial charge is 0.378 e. The van der Waals surface area contributed by atoms with Gasteiger partial charge in [-0.2, -0.15) is 0 Å². The maximum absolute atomic E-state index is 10.7. The van der Waals surface area contributed by atoms with Crippen LogP contribution in [0, 0.1) is 5.92 Å². The zero-order valence-corrected chi connectivity index (χ0v) is 6.59. The van der Waals surface area contributed by atoms with Gasteiger partial charge in [0.25, 0.3) is 5.97 Å². The van der Waals surface area contributed by atoms with Crippen LogP contribution in [0.15, 0.2) is 0 Å². The third kappa shape index (κ3) is 3.54. The van der Waals surface area contributed by atoms with Crippen molar-refractivity contribution in [1.82, 2.24) is 0 Å². The molecule has 0 aromatic carbocycles. The van der Waals surface area contributed by atoms with Crippen LogP contribution < -0.4 is 0 Å². The summed E-state index contributed by atoms with van der Waals surface area (Å²) in [4.78, 5) is 10.7. The minimum absolute atomic E-state index is 0.0510. The molecule has 0 spiro atoms. The van der Waals surface area contributed by atoms with Crippen molar-refractivity contribution < 1.29 is 9.45 Å². The molecule has 2 radical (unpaired) electrons. The van der Waals surface area contributed by atoms with E-state index in [1.807, 2.05) is 6.92 Å². The van der Waals surface area contributed by atoms with Gasteiger partial charge < -0.3 is 4.65 Å². The molecular formula is C7H13BO2. The lowest BCUT2D eigenvalue weighted by atomic mass is 10.1. The normalized spacial score (nSPS) is 12.6. The average Bonchev–Trinajstić information content (AvgIpc) is 1.98. The van der Waals surface area contributed by atoms with Crippen LogP contribution >= 0.6 is 0 Å². The number of rotatable bonds is 4. The van der Waals surface area contributed by atoms with Crippen LogP contribution in [0.5, 0.6) is 0 Å². The fourth-order valence-electron chi connectivity index (χ4n) is 0.744. The van der Waals surface area contributed by atoms with E-state index in [2.05, 4.69) is 11.6 Å². The Bertz CT molecular complexity index is 104. The monoisotopic (exact) mass is 140 g/mol. The van der Waals surface area contributed by atoms with Crippen molar-refractivity contribution in [3.8, 4) is 0 Å². The van der Waals surface area contributed by atoms with Gasteiger partial charge in [0.2, 0.25) is 0 Å². The second-order valence-electron chi connectivity index (χ2n) is 2.48. The van der Waals surface area contributed by atoms with Gasteiger partial charge >= 0.3 is 8.05 Å². The molecule has 0 saturated carbocycles. The SMILES string of the molecule is [B]OC(=O)C(C)CCCC. The molecule has 0 saturated heterocycles. The van der Waals surface area contributed by atoms with Crippen molar-refractivity contribution in [1.29, 1.82) is 0 Å². The summed E-state index contributed by atoms with van der Waals surface area (Å²) in [5, 5.41) is 0. The molecule has 0 aliphatic carbocycles. The molecular weight excluding hydrogens is 127 g/mol. The van der Waals surface area contributed by atoms with E-state index < -0.39 is 0 Å². The summed E-state index contributed by atoms with van der Waals surface area (Å²) < 4.78 is 4.07. The quantitative estimate of drug-likeness (QED) is 0.552. The van der Waals surface area contributed by atoms with E-state index in [9.17, 15) is 4.79 Å². The Balaban J connectivity index is 3.41. The highest BCUT2D eigenvalue weighted by Gasteiger charge is 2.10. The Labute approximate surface area is 63.4 Å². The fraction of sp³-hybridized carbons (Fsp3) is 0.857. The third-order valence-electron chi connectivity index (χ3n) is 1.51. The molecule has 0 bridgehead atoms. The Hall–Kier alpha value is -0.465. The molecule has 0 heterocycles. The van der Waals surface area contributed by atoms with E-state index in [-0.39, 0.29) is 11.9 Å². The van der Waals surface area contributed by atoms with E-state index >= 15 is 0 Å². The van der Waals surface area contributed by atoms with Gasteiger partial charge in [-0.05, 0) is 6.42 Å². The highest BCUT2D eigenvalue weighted by Crippen LogP contribution is 2.08. The van der Waals surface area contributed by atoms with Gasteiger partial charge in [0, 0.05) is 0 Å². The second kappa shape index (κ2) is 5.33. The van der Waals surface area contributed by atoms with Crippen LogP contribution in [0.25, 0.3) is 0 Å². The maximum Gasteiger partial charge on any atom is 0.378 e. The Morgan fingerprint density at radius 1 is 1.70 bits per heavy atom. The van der Waals surface area contributed by atoms with Crippen LogP contribution in [-0.4, -0.2) is 14.0 Å². The predicted molar refractivity (Wildman–Crippen MR) is 40.5 cm³/mol. The summed E-state index contributed by atoms with van der Waals surface area (Å²) in [6.45, 7) is 3.91. The van der Waals surface area contributed by atoms with Crippen LogP contribution in [0.2, 0.25) is 0 Å². The lowest BCUT2D eigenvalue weighted by molar-refractivity contribution is -0.138. The molecule has 0 amide bonds. The van der Waals surface area contributed by atoms with Gasteiger partial charge in [-0.3, -0.25) is 4.79 Å². The van der Waals surface area contributed by atoms with Gasteiger partial charge in [0.15, 0.2) is 0 Å². The summed E-state index contributed by atoms with van der Waals surface area (Å²) in [5.41, 5.74) is 0. The van der Waals surface area contributed by atoms with Gasteiger partial charge in [0.1, 0.15) is 0 Å². The minimum Gasteiger partial charge on any atom is -0.543 e. The van der Waals surface area contributed by atoms with Crippen molar-refractivity contribution in [2.75, 3.05) is 0 Å². The zero-order chi connectivity index (χ0) is 7.98. The number of hydrogen-bond donors (Lipinski definition) is 0. The first kappa shape index (κ1) is 9.53. The molecule has 1 atom stereocenters. The zero-order valence-electron chi connectivity index (χ0n) is 6.59. The topological polar surface area (TPSA) is 26.3 Å². The first-order valence-corrected chi connectivity index (χ1v) is 3.63. The molecule has 2 nitrogen and oxygen atoms in total. The van der Waals surface area contributed by atoms with Crippen molar-refractivity contribution in [2.45, 2.75) is 33.1 Å². The first-order chi connectivity index (χ1) is 4.72. The van der Waals surface area contributed by atoms with Crippen LogP contribution in [0.4, 0.5) is 0 Å². The third-order valence-corrected chi connectivity index (χ3v) is 1.51. The molecule has 0 aliphatic heterocycles. The summed E-state index contributed by atoms with van der Waals surface area (Å²) >= 11 is 0. The van der Waals surface area contributed by atoms with Gasteiger partial charge in [-0.25, -0.2) is 0 Å². The van der Waals surface area contributed by atoms with Crippen LogP contribution in [0.1, 0.15) is 33.1 Å². The van der Waals surface area contributed by atoms with Gasteiger partial charge in [-0.15, -0.1) is 0 Å². The van der Waals surface area contributed by atoms with Gasteiger partial charge in [-0.1, -0.05) is 26.7 Å². The molecule has 0 fully saturated rings. The highest BCUT2D eigenvalue weighted by atomic mass is 16.5. The van der Waals surface area contributed by atoms with Crippen LogP contribution in [0.3, 0.4) is 0 Å². The number of carbonyl (C=O) groups is 1. The highest BCUT2D eigenvalue weighted by molar-refractivity contribution is 6.05. The van der Waals surface area contributed by atoms with Crippen LogP contribution in [-0.2, 0) is 9.45 Å². The van der Waals surface area contributed by atoms with Crippen molar-refractivity contribution in [3.05, 3.63) is 0 Å². The molecule has 0 aromatic heterocycles. The second-order valence-corrected chi connectivity index (χ2v) is 2.48. The largest absolute Gasteiger partial charge is 0.543 e. The summed E-state index contributed by atoms with van der Waals surface area (Å²) in [6.07, 6.45) is 3.02. The molecule has 0 rings (SSSR count). The molecule has 0 aromatic rings. The molecule has 0 N–H and O–H groups in total. The number of unbranched alkanes of at least 4 members (excludes halogenated alkanes) is 1. The van der Waals surface area contributed by atoms with E-state index in [4.69, 9.17) is 8.05 Å². The first-order valence-electron chi connectivity index (χ1n) is 3.63. The van der Waals surface area contributed by atoms with E-state index in [1.165, 1.54) is 0 Å². The van der Waals surface area contributed by atoms with E-state index in [0.717, 1.165) is 19.3 Å². The van der Waals surface area contributed by atoms with E-state index in [0.29, 0.717) is 0 Å². The lowest BCUT2D eigenvalue weighted by Crippen LogP contribution is -2.12. The summed E-state index contributed by atoms with van der Waals surface area (Å²) in [7, 11) is 4.70. The molecule has 10 heavy (non-hydrogen) atoms. The lowest BCUT2D eigenvalue weighted by Gasteiger charge is -2.07. The van der Waals surface area contributed by atoms with Crippen molar-refractivity contribution >= 4 is 14.0 Å². The minimum atomic E-state index is -0.312. The predicted octanol–water partition coefficient (Wildman–Crippen LogP) is 1.44. The number of hydrogen-bond acceptors (Lipinski definition) is 2. The number of carbonyl (C=O) groups excluding carboxylic acids is 1. The summed E-state index contributed by atoms with van der Waals surface area (Å²) in [5.74, 6) is -0.363. The Morgan fingerprint density at radius 3 is 2.70 bits per heavy atom. The van der Waals surface area contributed by atoms with E-state index in [1.54, 1.807) is 0 Å². The molecule has 3 heteroatoms. The Kier molecular flexibility index (Phi) is 5.08. The van der Waals surface area contributed by atoms with Crippen molar-refractivity contribution in [2.24, 2.45) is 5.92 Å². The Morgan fingerprint density at radius 2 is 2.30 bits per heavy atom. The molecule has 0 aliphatic rings. The molecule has 56 valence electrons. The maximum atomic E-state index is 10.7. The molecule has 1 unspecified atom stereocenters. The standard InChI is InChI=1S/C7H13BO2/c1-3-4-5-6(2)7(9)10-8/h6H,3-5H2,1-2H3.